The Morgan fingerprint density at radius 2 is 0.434 bits per heavy atom. The van der Waals surface area contributed by atoms with Gasteiger partial charge in [0.05, 0.1) is 33.1 Å². The largest absolute Gasteiger partial charge is 0.311 e. The standard InChI is InChI=1S/C49H36N2.2C44H30N2/c1-49(2)45-16-8-5-13-41(45)42-30-29-40(32-46(42)49)50(37-23-21-34(22-24-37)36-20-19-33-11-3-4-12-35(33)31-36)38-25-27-39(28-26-38)51-47-17-9-6-14-43(47)44-15-7-10-18-48(44)51;1-2-13-36(14-3-1)45(37-23-20-32(21-24-37)35-19-18-31-10-4-5-12-34(31)30-35)38-25-27-39(28-26-38)46-43-17-9-8-16-41(43)42-29-22-33-11-6-7-15-40(33)44(42)46;1-2-14-37(15-3-1)45(38-22-20-32(21-23-38)36-19-18-31-10-4-5-11-33(31)28-36)39-24-26-40(27-25-39)46-43-17-9-8-16-41(43)42-29-34-12-6-7-13-35(34)30-44(42)46/h3-32H,1-2H3;2*1-30H. The molecule has 0 N–H and O–H groups in total. The lowest BCUT2D eigenvalue weighted by molar-refractivity contribution is 0.660. The molecule has 0 atom stereocenters. The molecular weight excluding hydrogens is 1730 g/mol. The van der Waals surface area contributed by atoms with E-state index in [-0.39, 0.29) is 5.41 Å². The normalized spacial score (nSPS) is 12.0. The SMILES string of the molecule is CC1(C)c2ccccc2-c2ccc(N(c3ccc(-c4ccc5ccccc5c4)cc3)c3ccc(-n4c5ccccc5c5ccccc54)cc3)cc21.c1ccc(N(c2ccc(-c3ccc4ccccc4c3)cc2)c2ccc(-n3c4ccccc4c4cc5ccccc5cc43)cc2)cc1.c1ccc(N(c2ccc(-c3ccc4ccccc4c3)cc2)c2ccc(-n3c4ccccc4c4ccc5ccccc5c43)cc2)cc1. The van der Waals surface area contributed by atoms with Crippen LogP contribution in [-0.2, 0) is 5.41 Å². The van der Waals surface area contributed by atoms with Gasteiger partial charge in [0.25, 0.3) is 0 Å². The van der Waals surface area contributed by atoms with Crippen molar-refractivity contribution in [3.05, 3.63) is 557 Å². The highest BCUT2D eigenvalue weighted by Crippen LogP contribution is 2.52. The van der Waals surface area contributed by atoms with Gasteiger partial charge < -0.3 is 28.4 Å². The molecule has 674 valence electrons. The lowest BCUT2D eigenvalue weighted by Crippen LogP contribution is -2.16. The Hall–Kier alpha value is -18.6. The predicted octanol–water partition coefficient (Wildman–Crippen LogP) is 37.8. The molecule has 0 fully saturated rings. The summed E-state index contributed by atoms with van der Waals surface area (Å²) in [7, 11) is 0. The number of benzene rings is 24. The van der Waals surface area contributed by atoms with Gasteiger partial charge in [0.1, 0.15) is 0 Å². The lowest BCUT2D eigenvalue weighted by Gasteiger charge is -2.28. The minimum Gasteiger partial charge on any atom is -0.311 e. The van der Waals surface area contributed by atoms with Crippen LogP contribution < -0.4 is 14.7 Å². The molecule has 24 aromatic carbocycles. The fraction of sp³-hybridized carbons (Fsp3) is 0.0219. The first-order valence-electron chi connectivity index (χ1n) is 49.3. The van der Waals surface area contributed by atoms with Crippen LogP contribution >= 0.6 is 0 Å². The van der Waals surface area contributed by atoms with Crippen LogP contribution in [0.5, 0.6) is 0 Å². The van der Waals surface area contributed by atoms with E-state index in [2.05, 4.69) is 588 Å². The third-order valence-electron chi connectivity index (χ3n) is 29.3. The van der Waals surface area contributed by atoms with E-state index in [1.165, 1.54) is 175 Å². The molecule has 0 unspecified atom stereocenters. The Morgan fingerprint density at radius 1 is 0.154 bits per heavy atom. The van der Waals surface area contributed by atoms with Crippen LogP contribution in [0.1, 0.15) is 25.0 Å². The number of para-hydroxylation sites is 6. The molecule has 3 heterocycles. The number of hydrogen-bond donors (Lipinski definition) is 0. The molecule has 0 aliphatic heterocycles. The number of nitrogens with zero attached hydrogens (tertiary/aromatic N) is 6. The summed E-state index contributed by atoms with van der Waals surface area (Å²) in [6, 6.07) is 198. The zero-order valence-corrected chi connectivity index (χ0v) is 79.1. The number of fused-ring (bicyclic) bond motifs is 18. The van der Waals surface area contributed by atoms with Crippen molar-refractivity contribution >= 4 is 170 Å². The molecule has 0 bridgehead atoms. The van der Waals surface area contributed by atoms with E-state index in [0.717, 1.165) is 68.2 Å². The van der Waals surface area contributed by atoms with Crippen LogP contribution in [0.15, 0.2) is 546 Å². The van der Waals surface area contributed by atoms with Crippen LogP contribution in [0, 0.1) is 0 Å². The minimum absolute atomic E-state index is 0.0893. The Kier molecular flexibility index (Phi) is 21.2. The maximum absolute atomic E-state index is 2.42. The van der Waals surface area contributed by atoms with Crippen molar-refractivity contribution in [1.82, 2.24) is 13.7 Å². The highest BCUT2D eigenvalue weighted by Gasteiger charge is 2.36. The molecule has 6 nitrogen and oxygen atoms in total. The first-order chi connectivity index (χ1) is 70.7. The molecule has 0 saturated heterocycles. The summed E-state index contributed by atoms with van der Waals surface area (Å²) >= 11 is 0. The van der Waals surface area contributed by atoms with E-state index in [4.69, 9.17) is 0 Å². The van der Waals surface area contributed by atoms with E-state index in [9.17, 15) is 0 Å². The number of hydrogen-bond acceptors (Lipinski definition) is 3. The summed E-state index contributed by atoms with van der Waals surface area (Å²) in [4.78, 5) is 7.06. The van der Waals surface area contributed by atoms with Gasteiger partial charge in [-0.15, -0.1) is 0 Å². The van der Waals surface area contributed by atoms with Crippen LogP contribution in [0.25, 0.3) is 181 Å². The summed E-state index contributed by atoms with van der Waals surface area (Å²) < 4.78 is 7.19. The fourth-order valence-corrected chi connectivity index (χ4v) is 22.2. The van der Waals surface area contributed by atoms with E-state index < -0.39 is 0 Å². The zero-order chi connectivity index (χ0) is 95.0. The Balaban J connectivity index is 0.000000110. The molecule has 27 aromatic rings. The first kappa shape index (κ1) is 84.9. The van der Waals surface area contributed by atoms with Crippen LogP contribution in [-0.4, -0.2) is 13.7 Å². The molecule has 0 spiro atoms. The molecule has 0 amide bonds. The minimum atomic E-state index is -0.0893. The van der Waals surface area contributed by atoms with Crippen molar-refractivity contribution in [1.29, 1.82) is 0 Å². The van der Waals surface area contributed by atoms with Crippen molar-refractivity contribution in [2.24, 2.45) is 0 Å². The van der Waals surface area contributed by atoms with Crippen molar-refractivity contribution in [2.45, 2.75) is 19.3 Å². The highest BCUT2D eigenvalue weighted by atomic mass is 15.2. The predicted molar refractivity (Wildman–Crippen MR) is 608 cm³/mol. The Bertz CT molecular complexity index is 9460. The van der Waals surface area contributed by atoms with E-state index in [1.807, 2.05) is 0 Å². The second kappa shape index (κ2) is 35.7. The van der Waals surface area contributed by atoms with Crippen LogP contribution in [0.4, 0.5) is 51.2 Å². The first-order valence-corrected chi connectivity index (χ1v) is 49.3. The van der Waals surface area contributed by atoms with Crippen molar-refractivity contribution < 1.29 is 0 Å². The summed E-state index contributed by atoms with van der Waals surface area (Å²) in [6.07, 6.45) is 0. The summed E-state index contributed by atoms with van der Waals surface area (Å²) in [5.41, 5.74) is 33.5. The molecular formula is C137H96N6. The molecule has 3 aromatic heterocycles. The molecule has 1 aliphatic carbocycles. The van der Waals surface area contributed by atoms with Gasteiger partial charge in [-0.1, -0.05) is 360 Å². The number of aromatic nitrogens is 3. The van der Waals surface area contributed by atoms with Gasteiger partial charge in [0, 0.05) is 111 Å². The van der Waals surface area contributed by atoms with Gasteiger partial charge in [0.2, 0.25) is 0 Å². The smallest absolute Gasteiger partial charge is 0.0619 e. The topological polar surface area (TPSA) is 24.5 Å². The van der Waals surface area contributed by atoms with Crippen LogP contribution in [0.3, 0.4) is 0 Å². The quantitative estimate of drug-likeness (QED) is 0.102. The average molecular weight is 1830 g/mol. The summed E-state index contributed by atoms with van der Waals surface area (Å²) in [5.74, 6) is 0. The van der Waals surface area contributed by atoms with Gasteiger partial charge in [-0.2, -0.15) is 0 Å². The number of rotatable bonds is 15. The molecule has 0 saturated carbocycles. The van der Waals surface area contributed by atoms with Gasteiger partial charge in [-0.3, -0.25) is 0 Å². The molecule has 143 heavy (non-hydrogen) atoms. The molecule has 0 radical (unpaired) electrons. The molecule has 28 rings (SSSR count). The molecule has 6 heteroatoms. The third kappa shape index (κ3) is 15.3. The van der Waals surface area contributed by atoms with Crippen molar-refractivity contribution in [3.8, 4) is 61.6 Å². The Morgan fingerprint density at radius 3 is 0.867 bits per heavy atom. The maximum Gasteiger partial charge on any atom is 0.0619 e. The molecule has 1 aliphatic rings. The Labute approximate surface area is 830 Å². The monoisotopic (exact) mass is 1820 g/mol. The van der Waals surface area contributed by atoms with E-state index in [0.29, 0.717) is 0 Å². The van der Waals surface area contributed by atoms with Gasteiger partial charge >= 0.3 is 0 Å². The summed E-state index contributed by atoms with van der Waals surface area (Å²) in [6.45, 7) is 4.70. The zero-order valence-electron chi connectivity index (χ0n) is 79.1. The van der Waals surface area contributed by atoms with E-state index >= 15 is 0 Å². The van der Waals surface area contributed by atoms with Crippen molar-refractivity contribution in [2.75, 3.05) is 14.7 Å². The van der Waals surface area contributed by atoms with Gasteiger partial charge in [-0.25, -0.2) is 0 Å². The van der Waals surface area contributed by atoms with Crippen molar-refractivity contribution in [3.63, 3.8) is 0 Å². The van der Waals surface area contributed by atoms with Crippen LogP contribution in [0.2, 0.25) is 0 Å². The van der Waals surface area contributed by atoms with E-state index in [1.54, 1.807) is 0 Å². The third-order valence-corrected chi connectivity index (χ3v) is 29.3. The van der Waals surface area contributed by atoms with Gasteiger partial charge in [0.15, 0.2) is 0 Å². The summed E-state index contributed by atoms with van der Waals surface area (Å²) in [5, 5.41) is 20.2. The lowest BCUT2D eigenvalue weighted by atomic mass is 9.82. The number of anilines is 9. The fourth-order valence-electron chi connectivity index (χ4n) is 22.2. The highest BCUT2D eigenvalue weighted by molar-refractivity contribution is 6.19. The van der Waals surface area contributed by atoms with Gasteiger partial charge in [-0.05, 0) is 304 Å². The second-order valence-corrected chi connectivity index (χ2v) is 37.9. The average Bonchev–Trinajstić information content (AvgIpc) is 1.58. The maximum atomic E-state index is 2.42. The second-order valence-electron chi connectivity index (χ2n) is 37.9.